The smallest absolute Gasteiger partial charge is 0.163 e. The van der Waals surface area contributed by atoms with Gasteiger partial charge in [0.15, 0.2) is 11.5 Å². The lowest BCUT2D eigenvalue weighted by atomic mass is 10.0. The standard InChI is InChI=1S/C11H16ClNO3/c1-7-8(4-5-16-13)9(12)6-10(14-2)11(7)15-3/h6H,4-5,13H2,1-3H3. The van der Waals surface area contributed by atoms with Gasteiger partial charge in [-0.1, -0.05) is 11.6 Å². The Morgan fingerprint density at radius 1 is 1.31 bits per heavy atom. The van der Waals surface area contributed by atoms with E-state index >= 15 is 0 Å². The minimum atomic E-state index is 0.413. The number of rotatable bonds is 5. The molecule has 90 valence electrons. The Bertz CT molecular complexity index is 369. The van der Waals surface area contributed by atoms with Crippen molar-refractivity contribution in [3.05, 3.63) is 22.2 Å². The van der Waals surface area contributed by atoms with Crippen molar-refractivity contribution < 1.29 is 14.3 Å². The summed E-state index contributed by atoms with van der Waals surface area (Å²) in [5.41, 5.74) is 1.91. The molecule has 5 heteroatoms. The molecular formula is C11H16ClNO3. The first-order valence-corrected chi connectivity index (χ1v) is 5.25. The highest BCUT2D eigenvalue weighted by Crippen LogP contribution is 2.37. The van der Waals surface area contributed by atoms with E-state index in [4.69, 9.17) is 27.0 Å². The number of ether oxygens (including phenoxy) is 2. The second kappa shape index (κ2) is 5.94. The maximum Gasteiger partial charge on any atom is 0.163 e. The molecule has 2 N–H and O–H groups in total. The molecule has 1 aromatic rings. The second-order valence-electron chi connectivity index (χ2n) is 3.32. The third-order valence-electron chi connectivity index (χ3n) is 2.46. The highest BCUT2D eigenvalue weighted by atomic mass is 35.5. The molecule has 0 heterocycles. The third-order valence-corrected chi connectivity index (χ3v) is 2.79. The van der Waals surface area contributed by atoms with Gasteiger partial charge in [0.05, 0.1) is 20.8 Å². The fraction of sp³-hybridized carbons (Fsp3) is 0.455. The fourth-order valence-corrected chi connectivity index (χ4v) is 1.98. The highest BCUT2D eigenvalue weighted by molar-refractivity contribution is 6.31. The van der Waals surface area contributed by atoms with E-state index in [-0.39, 0.29) is 0 Å². The largest absolute Gasteiger partial charge is 0.493 e. The minimum absolute atomic E-state index is 0.413. The molecule has 1 aromatic carbocycles. The van der Waals surface area contributed by atoms with Crippen molar-refractivity contribution in [3.63, 3.8) is 0 Å². The lowest BCUT2D eigenvalue weighted by Crippen LogP contribution is -2.06. The predicted molar refractivity (Wildman–Crippen MR) is 63.1 cm³/mol. The van der Waals surface area contributed by atoms with Crippen molar-refractivity contribution in [2.24, 2.45) is 5.90 Å². The molecule has 0 spiro atoms. The number of hydrogen-bond acceptors (Lipinski definition) is 4. The monoisotopic (exact) mass is 245 g/mol. The van der Waals surface area contributed by atoms with Crippen LogP contribution in [0, 0.1) is 6.92 Å². The summed E-state index contributed by atoms with van der Waals surface area (Å²) >= 11 is 6.15. The Morgan fingerprint density at radius 2 is 2.00 bits per heavy atom. The van der Waals surface area contributed by atoms with Crippen molar-refractivity contribution in [3.8, 4) is 11.5 Å². The Hall–Kier alpha value is -0.970. The first kappa shape index (κ1) is 13.1. The maximum atomic E-state index is 6.15. The van der Waals surface area contributed by atoms with Gasteiger partial charge >= 0.3 is 0 Å². The average Bonchev–Trinajstić information content (AvgIpc) is 2.28. The minimum Gasteiger partial charge on any atom is -0.493 e. The summed E-state index contributed by atoms with van der Waals surface area (Å²) < 4.78 is 10.5. The molecule has 0 aliphatic heterocycles. The van der Waals surface area contributed by atoms with Crippen molar-refractivity contribution in [2.75, 3.05) is 20.8 Å². The molecule has 0 aliphatic carbocycles. The Morgan fingerprint density at radius 3 is 2.50 bits per heavy atom. The molecule has 0 saturated carbocycles. The topological polar surface area (TPSA) is 53.7 Å². The van der Waals surface area contributed by atoms with Crippen LogP contribution in [0.15, 0.2) is 6.07 Å². The fourth-order valence-electron chi connectivity index (χ4n) is 1.64. The summed E-state index contributed by atoms with van der Waals surface area (Å²) in [6, 6.07) is 1.74. The molecule has 0 amide bonds. The van der Waals surface area contributed by atoms with Crippen LogP contribution < -0.4 is 15.4 Å². The Labute approximate surface area is 100 Å². The van der Waals surface area contributed by atoms with Crippen LogP contribution in [0.1, 0.15) is 11.1 Å². The van der Waals surface area contributed by atoms with Crippen LogP contribution in [0.3, 0.4) is 0 Å². The summed E-state index contributed by atoms with van der Waals surface area (Å²) in [4.78, 5) is 4.56. The molecule has 0 atom stereocenters. The lowest BCUT2D eigenvalue weighted by Gasteiger charge is -2.15. The van der Waals surface area contributed by atoms with Crippen LogP contribution in [-0.2, 0) is 11.3 Å². The number of nitrogens with two attached hydrogens (primary N) is 1. The van der Waals surface area contributed by atoms with Gasteiger partial charge in [0.1, 0.15) is 0 Å². The first-order chi connectivity index (χ1) is 7.65. The molecule has 0 aliphatic rings. The van der Waals surface area contributed by atoms with Gasteiger partial charge in [-0.3, -0.25) is 0 Å². The molecular weight excluding hydrogens is 230 g/mol. The zero-order chi connectivity index (χ0) is 12.1. The molecule has 16 heavy (non-hydrogen) atoms. The van der Waals surface area contributed by atoms with E-state index in [1.807, 2.05) is 6.92 Å². The van der Waals surface area contributed by atoms with Crippen LogP contribution in [0.5, 0.6) is 11.5 Å². The number of benzene rings is 1. The van der Waals surface area contributed by atoms with Gasteiger partial charge in [0, 0.05) is 11.1 Å². The van der Waals surface area contributed by atoms with E-state index in [1.54, 1.807) is 20.3 Å². The van der Waals surface area contributed by atoms with Gasteiger partial charge in [-0.05, 0) is 24.5 Å². The van der Waals surface area contributed by atoms with Gasteiger partial charge in [0.2, 0.25) is 0 Å². The molecule has 4 nitrogen and oxygen atoms in total. The summed E-state index contributed by atoms with van der Waals surface area (Å²) in [6.45, 7) is 2.34. The van der Waals surface area contributed by atoms with Gasteiger partial charge in [-0.25, -0.2) is 5.90 Å². The molecule has 0 aromatic heterocycles. The zero-order valence-corrected chi connectivity index (χ0v) is 10.4. The highest BCUT2D eigenvalue weighted by Gasteiger charge is 2.15. The van der Waals surface area contributed by atoms with Crippen LogP contribution in [0.25, 0.3) is 0 Å². The van der Waals surface area contributed by atoms with E-state index in [0.29, 0.717) is 29.5 Å². The number of hydrogen-bond donors (Lipinski definition) is 1. The van der Waals surface area contributed by atoms with E-state index in [2.05, 4.69) is 4.84 Å². The van der Waals surface area contributed by atoms with E-state index in [0.717, 1.165) is 11.1 Å². The summed E-state index contributed by atoms with van der Waals surface area (Å²) in [5.74, 6) is 6.32. The van der Waals surface area contributed by atoms with Crippen LogP contribution in [0.2, 0.25) is 5.02 Å². The van der Waals surface area contributed by atoms with Crippen LogP contribution in [-0.4, -0.2) is 20.8 Å². The summed E-state index contributed by atoms with van der Waals surface area (Å²) in [5, 5.41) is 0.632. The van der Waals surface area contributed by atoms with Gasteiger partial charge in [-0.15, -0.1) is 0 Å². The molecule has 0 fully saturated rings. The SMILES string of the molecule is COc1cc(Cl)c(CCON)c(C)c1OC. The quantitative estimate of drug-likeness (QED) is 0.808. The van der Waals surface area contributed by atoms with Crippen molar-refractivity contribution in [1.29, 1.82) is 0 Å². The van der Waals surface area contributed by atoms with Gasteiger partial charge in [-0.2, -0.15) is 0 Å². The Kier molecular flexibility index (Phi) is 4.86. The molecule has 0 saturated heterocycles. The maximum absolute atomic E-state index is 6.15. The molecule has 0 radical (unpaired) electrons. The normalized spacial score (nSPS) is 10.3. The lowest BCUT2D eigenvalue weighted by molar-refractivity contribution is 0.141. The summed E-state index contributed by atoms with van der Waals surface area (Å²) in [7, 11) is 3.18. The van der Waals surface area contributed by atoms with Crippen molar-refractivity contribution in [1.82, 2.24) is 0 Å². The van der Waals surface area contributed by atoms with E-state index in [1.165, 1.54) is 0 Å². The van der Waals surface area contributed by atoms with E-state index < -0.39 is 0 Å². The number of methoxy groups -OCH3 is 2. The van der Waals surface area contributed by atoms with E-state index in [9.17, 15) is 0 Å². The molecule has 0 unspecified atom stereocenters. The molecule has 0 bridgehead atoms. The first-order valence-electron chi connectivity index (χ1n) is 4.87. The number of halogens is 1. The van der Waals surface area contributed by atoms with Crippen LogP contribution >= 0.6 is 11.6 Å². The zero-order valence-electron chi connectivity index (χ0n) is 9.67. The average molecular weight is 246 g/mol. The summed E-state index contributed by atoms with van der Waals surface area (Å²) in [6.07, 6.45) is 0.640. The second-order valence-corrected chi connectivity index (χ2v) is 3.73. The third kappa shape index (κ3) is 2.58. The van der Waals surface area contributed by atoms with Crippen molar-refractivity contribution in [2.45, 2.75) is 13.3 Å². The van der Waals surface area contributed by atoms with Crippen molar-refractivity contribution >= 4 is 11.6 Å². The molecule has 1 rings (SSSR count). The van der Waals surface area contributed by atoms with Gasteiger partial charge < -0.3 is 14.3 Å². The van der Waals surface area contributed by atoms with Gasteiger partial charge in [0.25, 0.3) is 0 Å². The van der Waals surface area contributed by atoms with Crippen LogP contribution in [0.4, 0.5) is 0 Å². The predicted octanol–water partition coefficient (Wildman–Crippen LogP) is 2.10. The Balaban J connectivity index is 3.18.